The van der Waals surface area contributed by atoms with Gasteiger partial charge in [-0.05, 0) is 29.8 Å². The molecule has 1 fully saturated rings. The number of piperazine rings is 1. The average Bonchev–Trinajstić information content (AvgIpc) is 2.80. The standard InChI is InChI=1S/C21H27N3O2.C2H2O4/c1-26-20-9-7-19(8-10-20)22-21(25)11-12-23-13-15-24(16-14-23)17-18-5-3-2-4-6-18;3-1(4)2(5)6/h2-10H,11-17H2,1H3,(H,22,25);(H,3,4)(H,5,6). The summed E-state index contributed by atoms with van der Waals surface area (Å²) in [5.74, 6) is -2.80. The smallest absolute Gasteiger partial charge is 0.414 e. The van der Waals surface area contributed by atoms with Gasteiger partial charge in [0.15, 0.2) is 0 Å². The third-order valence-electron chi connectivity index (χ3n) is 4.93. The first kappa shape index (κ1) is 24.8. The van der Waals surface area contributed by atoms with E-state index in [-0.39, 0.29) is 5.91 Å². The molecule has 0 bridgehead atoms. The van der Waals surface area contributed by atoms with Crippen molar-refractivity contribution in [1.82, 2.24) is 9.80 Å². The number of nitrogens with zero attached hydrogens (tertiary/aromatic N) is 2. The fraction of sp³-hybridized carbons (Fsp3) is 0.348. The number of carbonyl (C=O) groups is 3. The second-order valence-electron chi connectivity index (χ2n) is 7.24. The van der Waals surface area contributed by atoms with Crippen molar-refractivity contribution in [3.05, 3.63) is 60.2 Å². The van der Waals surface area contributed by atoms with Gasteiger partial charge in [0.2, 0.25) is 5.91 Å². The van der Waals surface area contributed by atoms with Gasteiger partial charge in [-0.1, -0.05) is 30.3 Å². The Morgan fingerprint density at radius 1 is 0.875 bits per heavy atom. The van der Waals surface area contributed by atoms with Crippen molar-refractivity contribution in [2.24, 2.45) is 0 Å². The number of methoxy groups -OCH3 is 1. The van der Waals surface area contributed by atoms with E-state index in [0.29, 0.717) is 6.42 Å². The molecule has 9 heteroatoms. The molecule has 2 aromatic rings. The molecule has 1 saturated heterocycles. The van der Waals surface area contributed by atoms with Crippen molar-refractivity contribution < 1.29 is 29.3 Å². The molecule has 1 amide bonds. The number of carboxylic acids is 2. The quantitative estimate of drug-likeness (QED) is 0.556. The van der Waals surface area contributed by atoms with E-state index in [1.54, 1.807) is 7.11 Å². The molecule has 0 aliphatic carbocycles. The van der Waals surface area contributed by atoms with Gasteiger partial charge < -0.3 is 25.2 Å². The molecule has 0 unspecified atom stereocenters. The van der Waals surface area contributed by atoms with E-state index in [9.17, 15) is 4.79 Å². The number of rotatable bonds is 7. The molecule has 9 nitrogen and oxygen atoms in total. The van der Waals surface area contributed by atoms with Gasteiger partial charge in [0.25, 0.3) is 0 Å². The van der Waals surface area contributed by atoms with Crippen LogP contribution in [0.4, 0.5) is 5.69 Å². The van der Waals surface area contributed by atoms with Gasteiger partial charge in [-0.25, -0.2) is 9.59 Å². The lowest BCUT2D eigenvalue weighted by Crippen LogP contribution is -2.46. The van der Waals surface area contributed by atoms with Crippen LogP contribution in [-0.2, 0) is 20.9 Å². The van der Waals surface area contributed by atoms with Gasteiger partial charge in [0.1, 0.15) is 5.75 Å². The summed E-state index contributed by atoms with van der Waals surface area (Å²) in [6, 6.07) is 18.0. The van der Waals surface area contributed by atoms with Crippen molar-refractivity contribution in [2.75, 3.05) is 45.2 Å². The predicted molar refractivity (Wildman–Crippen MR) is 120 cm³/mol. The minimum atomic E-state index is -1.82. The van der Waals surface area contributed by atoms with Crippen LogP contribution in [-0.4, -0.2) is 77.7 Å². The Hall–Kier alpha value is -3.43. The summed E-state index contributed by atoms with van der Waals surface area (Å²) >= 11 is 0. The fourth-order valence-electron chi connectivity index (χ4n) is 3.17. The molecule has 0 aromatic heterocycles. The molecular weight excluding hydrogens is 414 g/mol. The Kier molecular flexibility index (Phi) is 10.2. The maximum atomic E-state index is 12.1. The molecule has 3 N–H and O–H groups in total. The number of anilines is 1. The summed E-state index contributed by atoms with van der Waals surface area (Å²) in [7, 11) is 1.63. The zero-order chi connectivity index (χ0) is 23.3. The highest BCUT2D eigenvalue weighted by molar-refractivity contribution is 6.27. The highest BCUT2D eigenvalue weighted by Gasteiger charge is 2.17. The molecule has 0 spiro atoms. The van der Waals surface area contributed by atoms with Crippen LogP contribution in [0.25, 0.3) is 0 Å². The maximum Gasteiger partial charge on any atom is 0.414 e. The van der Waals surface area contributed by atoms with Crippen LogP contribution in [0.15, 0.2) is 54.6 Å². The van der Waals surface area contributed by atoms with E-state index >= 15 is 0 Å². The van der Waals surface area contributed by atoms with Crippen LogP contribution in [0.1, 0.15) is 12.0 Å². The summed E-state index contributed by atoms with van der Waals surface area (Å²) in [5, 5.41) is 17.7. The fourth-order valence-corrected chi connectivity index (χ4v) is 3.17. The third kappa shape index (κ3) is 9.15. The lowest BCUT2D eigenvalue weighted by molar-refractivity contribution is -0.159. The highest BCUT2D eigenvalue weighted by Crippen LogP contribution is 2.15. The van der Waals surface area contributed by atoms with Crippen molar-refractivity contribution in [1.29, 1.82) is 0 Å². The number of hydrogen-bond donors (Lipinski definition) is 3. The molecule has 1 aliphatic rings. The molecule has 1 heterocycles. The van der Waals surface area contributed by atoms with E-state index in [1.165, 1.54) is 5.56 Å². The largest absolute Gasteiger partial charge is 0.497 e. The predicted octanol–water partition coefficient (Wildman–Crippen LogP) is 2.00. The normalized spacial score (nSPS) is 14.0. The van der Waals surface area contributed by atoms with Crippen LogP contribution < -0.4 is 10.1 Å². The van der Waals surface area contributed by atoms with Gasteiger partial charge in [0.05, 0.1) is 7.11 Å². The third-order valence-corrected chi connectivity index (χ3v) is 4.93. The summed E-state index contributed by atoms with van der Waals surface area (Å²) in [4.78, 5) is 35.2. The summed E-state index contributed by atoms with van der Waals surface area (Å²) < 4.78 is 5.12. The zero-order valence-corrected chi connectivity index (χ0v) is 18.1. The number of amides is 1. The van der Waals surface area contributed by atoms with Crippen LogP contribution in [0.3, 0.4) is 0 Å². The topological polar surface area (TPSA) is 119 Å². The Morgan fingerprint density at radius 2 is 1.44 bits per heavy atom. The van der Waals surface area contributed by atoms with Gasteiger partial charge >= 0.3 is 11.9 Å². The number of aliphatic carboxylic acids is 2. The van der Waals surface area contributed by atoms with E-state index in [0.717, 1.165) is 50.7 Å². The Morgan fingerprint density at radius 3 is 1.97 bits per heavy atom. The second kappa shape index (κ2) is 13.1. The van der Waals surface area contributed by atoms with E-state index in [2.05, 4.69) is 45.4 Å². The first-order chi connectivity index (χ1) is 15.4. The lowest BCUT2D eigenvalue weighted by Gasteiger charge is -2.34. The summed E-state index contributed by atoms with van der Waals surface area (Å²) in [6.45, 7) is 5.95. The van der Waals surface area contributed by atoms with Crippen molar-refractivity contribution in [2.45, 2.75) is 13.0 Å². The van der Waals surface area contributed by atoms with E-state index in [1.807, 2.05) is 24.3 Å². The van der Waals surface area contributed by atoms with Crippen molar-refractivity contribution in [3.8, 4) is 5.75 Å². The molecule has 32 heavy (non-hydrogen) atoms. The van der Waals surface area contributed by atoms with Crippen LogP contribution in [0, 0.1) is 0 Å². The summed E-state index contributed by atoms with van der Waals surface area (Å²) in [5.41, 5.74) is 2.17. The Bertz CT molecular complexity index is 853. The molecule has 2 aromatic carbocycles. The maximum absolute atomic E-state index is 12.1. The average molecular weight is 444 g/mol. The Balaban J connectivity index is 0.000000534. The van der Waals surface area contributed by atoms with Gasteiger partial charge in [0, 0.05) is 51.4 Å². The van der Waals surface area contributed by atoms with Crippen LogP contribution in [0.5, 0.6) is 5.75 Å². The van der Waals surface area contributed by atoms with Crippen LogP contribution >= 0.6 is 0 Å². The number of nitrogens with one attached hydrogen (secondary N) is 1. The number of benzene rings is 2. The van der Waals surface area contributed by atoms with Crippen molar-refractivity contribution in [3.63, 3.8) is 0 Å². The van der Waals surface area contributed by atoms with Crippen molar-refractivity contribution >= 4 is 23.5 Å². The monoisotopic (exact) mass is 443 g/mol. The highest BCUT2D eigenvalue weighted by atomic mass is 16.5. The molecule has 3 rings (SSSR count). The van der Waals surface area contributed by atoms with E-state index in [4.69, 9.17) is 24.5 Å². The van der Waals surface area contributed by atoms with Crippen LogP contribution in [0.2, 0.25) is 0 Å². The number of ether oxygens (including phenoxy) is 1. The minimum Gasteiger partial charge on any atom is -0.497 e. The SMILES string of the molecule is COc1ccc(NC(=O)CCN2CCN(Cc3ccccc3)CC2)cc1.O=C(O)C(=O)O. The van der Waals surface area contributed by atoms with E-state index < -0.39 is 11.9 Å². The molecule has 0 radical (unpaired) electrons. The zero-order valence-electron chi connectivity index (χ0n) is 18.1. The lowest BCUT2D eigenvalue weighted by atomic mass is 10.2. The minimum absolute atomic E-state index is 0.0573. The first-order valence-electron chi connectivity index (χ1n) is 10.3. The number of carbonyl (C=O) groups excluding carboxylic acids is 1. The molecule has 172 valence electrons. The van der Waals surface area contributed by atoms with Gasteiger partial charge in [-0.2, -0.15) is 0 Å². The molecular formula is C23H29N3O6. The second-order valence-corrected chi connectivity index (χ2v) is 7.24. The number of hydrogen-bond acceptors (Lipinski definition) is 6. The molecule has 1 aliphatic heterocycles. The number of carboxylic acid groups (broad SMARTS) is 2. The molecule has 0 atom stereocenters. The summed E-state index contributed by atoms with van der Waals surface area (Å²) in [6.07, 6.45) is 0.519. The first-order valence-corrected chi connectivity index (χ1v) is 10.3. The van der Waals surface area contributed by atoms with Gasteiger partial charge in [-0.15, -0.1) is 0 Å². The Labute approximate surface area is 187 Å². The molecule has 0 saturated carbocycles. The van der Waals surface area contributed by atoms with Gasteiger partial charge in [-0.3, -0.25) is 9.69 Å².